The summed E-state index contributed by atoms with van der Waals surface area (Å²) < 4.78 is 9.91. The molecular formula is C15H20ClNO4. The molecule has 1 aromatic rings. The molecule has 0 radical (unpaired) electrons. The van der Waals surface area contributed by atoms with Gasteiger partial charge >= 0.3 is 12.1 Å². The highest BCUT2D eigenvalue weighted by Crippen LogP contribution is 2.11. The fourth-order valence-electron chi connectivity index (χ4n) is 1.65. The van der Waals surface area contributed by atoms with E-state index in [1.165, 1.54) is 0 Å². The first-order chi connectivity index (χ1) is 9.81. The van der Waals surface area contributed by atoms with Gasteiger partial charge in [-0.05, 0) is 26.3 Å². The van der Waals surface area contributed by atoms with Gasteiger partial charge in [-0.1, -0.05) is 41.9 Å². The summed E-state index contributed by atoms with van der Waals surface area (Å²) in [6.07, 6.45) is -0.440. The fourth-order valence-corrected chi connectivity index (χ4v) is 1.75. The van der Waals surface area contributed by atoms with Crippen LogP contribution in [-0.2, 0) is 20.7 Å². The molecule has 1 amide bonds. The molecule has 0 unspecified atom stereocenters. The molecule has 0 saturated heterocycles. The molecule has 5 nitrogen and oxygen atoms in total. The molecule has 1 atom stereocenters. The van der Waals surface area contributed by atoms with Crippen molar-refractivity contribution in [2.45, 2.75) is 38.8 Å². The van der Waals surface area contributed by atoms with Crippen LogP contribution in [0.3, 0.4) is 0 Å². The lowest BCUT2D eigenvalue weighted by molar-refractivity contribution is -0.157. The smallest absolute Gasteiger partial charge is 0.409 e. The Morgan fingerprint density at radius 2 is 1.86 bits per heavy atom. The van der Waals surface area contributed by atoms with Crippen LogP contribution >= 0.6 is 11.6 Å². The summed E-state index contributed by atoms with van der Waals surface area (Å²) in [4.78, 5) is 23.7. The van der Waals surface area contributed by atoms with Crippen LogP contribution in [0.15, 0.2) is 30.3 Å². The van der Waals surface area contributed by atoms with Crippen molar-refractivity contribution in [3.05, 3.63) is 35.9 Å². The van der Waals surface area contributed by atoms with E-state index in [1.807, 2.05) is 30.3 Å². The third-order valence-corrected chi connectivity index (χ3v) is 2.56. The lowest BCUT2D eigenvalue weighted by atomic mass is 10.1. The summed E-state index contributed by atoms with van der Waals surface area (Å²) in [5.41, 5.74) is 0.268. The summed E-state index contributed by atoms with van der Waals surface area (Å²) in [7, 11) is 0. The molecule has 0 bridgehead atoms. The van der Waals surface area contributed by atoms with Gasteiger partial charge in [0.1, 0.15) is 11.6 Å². The molecule has 0 aliphatic carbocycles. The zero-order valence-electron chi connectivity index (χ0n) is 12.4. The van der Waals surface area contributed by atoms with Crippen LogP contribution in [0, 0.1) is 0 Å². The van der Waals surface area contributed by atoms with Gasteiger partial charge in [0.05, 0.1) is 0 Å². The molecule has 6 heteroatoms. The van der Waals surface area contributed by atoms with Crippen molar-refractivity contribution in [2.24, 2.45) is 0 Å². The average molecular weight is 314 g/mol. The van der Waals surface area contributed by atoms with E-state index in [2.05, 4.69) is 10.1 Å². The van der Waals surface area contributed by atoms with Crippen LogP contribution in [0.25, 0.3) is 0 Å². The van der Waals surface area contributed by atoms with E-state index in [-0.39, 0.29) is 6.07 Å². The van der Waals surface area contributed by atoms with Crippen LogP contribution in [0.4, 0.5) is 4.79 Å². The highest BCUT2D eigenvalue weighted by atomic mass is 35.5. The zero-order chi connectivity index (χ0) is 15.9. The van der Waals surface area contributed by atoms with Gasteiger partial charge in [-0.25, -0.2) is 9.59 Å². The number of carbonyl (C=O) groups excluding carboxylic acids is 2. The third-order valence-electron chi connectivity index (χ3n) is 2.45. The number of halogens is 1. The number of rotatable bonds is 5. The number of alkyl carbamates (subject to hydrolysis) is 1. The molecule has 1 aromatic carbocycles. The number of nitrogens with one attached hydrogen (secondary N) is 1. The van der Waals surface area contributed by atoms with Gasteiger partial charge in [-0.15, -0.1) is 0 Å². The highest BCUT2D eigenvalue weighted by Gasteiger charge is 2.27. The van der Waals surface area contributed by atoms with Gasteiger partial charge in [0.15, 0.2) is 6.07 Å². The summed E-state index contributed by atoms with van der Waals surface area (Å²) in [6, 6.07) is 8.22. The second kappa shape index (κ2) is 7.88. The maximum absolute atomic E-state index is 12.2. The summed E-state index contributed by atoms with van der Waals surface area (Å²) in [5, 5.41) is 2.47. The molecule has 0 aliphatic heterocycles. The Bertz CT molecular complexity index is 470. The molecule has 0 aromatic heterocycles. The number of hydrogen-bond acceptors (Lipinski definition) is 4. The molecule has 0 aliphatic rings. The van der Waals surface area contributed by atoms with Gasteiger partial charge in [0.25, 0.3) is 0 Å². The van der Waals surface area contributed by atoms with Crippen molar-refractivity contribution in [2.75, 3.05) is 6.07 Å². The lowest BCUT2D eigenvalue weighted by Crippen LogP contribution is -2.45. The van der Waals surface area contributed by atoms with Crippen molar-refractivity contribution in [3.8, 4) is 0 Å². The van der Waals surface area contributed by atoms with Gasteiger partial charge in [0.2, 0.25) is 0 Å². The first-order valence-electron chi connectivity index (χ1n) is 6.58. The Morgan fingerprint density at radius 3 is 2.38 bits per heavy atom. The summed E-state index contributed by atoms with van der Waals surface area (Å²) in [6.45, 7) is 5.30. The van der Waals surface area contributed by atoms with E-state index < -0.39 is 23.7 Å². The van der Waals surface area contributed by atoms with Crippen molar-refractivity contribution in [1.29, 1.82) is 0 Å². The van der Waals surface area contributed by atoms with Crippen molar-refractivity contribution in [3.63, 3.8) is 0 Å². The number of alkyl halides is 1. The van der Waals surface area contributed by atoms with Crippen LogP contribution in [0.1, 0.15) is 26.3 Å². The molecule has 116 valence electrons. The van der Waals surface area contributed by atoms with Crippen LogP contribution in [0.5, 0.6) is 0 Å². The maximum Gasteiger partial charge on any atom is 0.409 e. The van der Waals surface area contributed by atoms with Crippen LogP contribution < -0.4 is 5.32 Å². The second-order valence-corrected chi connectivity index (χ2v) is 5.68. The minimum Gasteiger partial charge on any atom is -0.458 e. The number of esters is 1. The van der Waals surface area contributed by atoms with E-state index in [0.29, 0.717) is 6.42 Å². The number of hydrogen-bond donors (Lipinski definition) is 1. The maximum atomic E-state index is 12.2. The van der Waals surface area contributed by atoms with Crippen molar-refractivity contribution in [1.82, 2.24) is 5.32 Å². The zero-order valence-corrected chi connectivity index (χ0v) is 13.1. The van der Waals surface area contributed by atoms with Gasteiger partial charge in [-0.3, -0.25) is 0 Å². The highest BCUT2D eigenvalue weighted by molar-refractivity contribution is 6.17. The van der Waals surface area contributed by atoms with E-state index >= 15 is 0 Å². The third kappa shape index (κ3) is 6.99. The van der Waals surface area contributed by atoms with E-state index in [0.717, 1.165) is 5.56 Å². The van der Waals surface area contributed by atoms with Gasteiger partial charge < -0.3 is 14.8 Å². The van der Waals surface area contributed by atoms with E-state index in [4.69, 9.17) is 16.3 Å². The summed E-state index contributed by atoms with van der Waals surface area (Å²) >= 11 is 5.33. The predicted molar refractivity (Wildman–Crippen MR) is 80.1 cm³/mol. The molecule has 1 rings (SSSR count). The predicted octanol–water partition coefficient (Wildman–Crippen LogP) is 2.86. The number of amides is 1. The molecule has 0 saturated carbocycles. The lowest BCUT2D eigenvalue weighted by Gasteiger charge is -2.24. The molecule has 1 N–H and O–H groups in total. The van der Waals surface area contributed by atoms with E-state index in [1.54, 1.807) is 20.8 Å². The first-order valence-corrected chi connectivity index (χ1v) is 7.11. The average Bonchev–Trinajstić information content (AvgIpc) is 2.37. The normalized spacial score (nSPS) is 12.4. The Labute approximate surface area is 129 Å². The van der Waals surface area contributed by atoms with Gasteiger partial charge in [0, 0.05) is 6.42 Å². The standard InChI is InChI=1S/C15H20ClNO4/c1-15(2,3)21-13(18)12(17-14(19)20-10-16)9-11-7-5-4-6-8-11/h4-8,12H,9-10H2,1-3H3,(H,17,19)/t12-/m0/s1. The minimum atomic E-state index is -0.831. The van der Waals surface area contributed by atoms with Crippen molar-refractivity contribution < 1.29 is 19.1 Å². The van der Waals surface area contributed by atoms with Crippen LogP contribution in [-0.4, -0.2) is 29.8 Å². The SMILES string of the molecule is CC(C)(C)OC(=O)[C@H](Cc1ccccc1)NC(=O)OCCl. The Morgan fingerprint density at radius 1 is 1.24 bits per heavy atom. The molecule has 21 heavy (non-hydrogen) atoms. The topological polar surface area (TPSA) is 64.6 Å². The second-order valence-electron chi connectivity index (χ2n) is 5.46. The summed E-state index contributed by atoms with van der Waals surface area (Å²) in [5.74, 6) is -0.516. The Hall–Kier alpha value is -1.75. The van der Waals surface area contributed by atoms with Crippen LogP contribution in [0.2, 0.25) is 0 Å². The number of carbonyl (C=O) groups is 2. The quantitative estimate of drug-likeness (QED) is 0.670. The largest absolute Gasteiger partial charge is 0.458 e. The number of ether oxygens (including phenoxy) is 2. The first kappa shape index (κ1) is 17.3. The van der Waals surface area contributed by atoms with E-state index in [9.17, 15) is 9.59 Å². The fraction of sp³-hybridized carbons (Fsp3) is 0.467. The molecule has 0 spiro atoms. The van der Waals surface area contributed by atoms with Crippen molar-refractivity contribution >= 4 is 23.7 Å². The molecule has 0 heterocycles. The monoisotopic (exact) mass is 313 g/mol. The number of benzene rings is 1. The minimum absolute atomic E-state index is 0.280. The Kier molecular flexibility index (Phi) is 6.49. The Balaban J connectivity index is 2.78. The molecule has 0 fully saturated rings. The molecular weight excluding hydrogens is 294 g/mol. The van der Waals surface area contributed by atoms with Gasteiger partial charge in [-0.2, -0.15) is 0 Å².